The molecular formula is C21H34ClN3O. The first kappa shape index (κ1) is 21.2. The summed E-state index contributed by atoms with van der Waals surface area (Å²) in [5, 5.41) is 0. The van der Waals surface area contributed by atoms with Crippen LogP contribution >= 0.6 is 12.4 Å². The van der Waals surface area contributed by atoms with E-state index in [1.165, 1.54) is 12.0 Å². The highest BCUT2D eigenvalue weighted by atomic mass is 35.5. The Balaban J connectivity index is 0.00000243. The molecule has 26 heavy (non-hydrogen) atoms. The second kappa shape index (κ2) is 10.9. The molecule has 3 rings (SSSR count). The Morgan fingerprint density at radius 3 is 2.62 bits per heavy atom. The van der Waals surface area contributed by atoms with Crippen LogP contribution in [0.15, 0.2) is 30.3 Å². The van der Waals surface area contributed by atoms with Crippen LogP contribution in [0.5, 0.6) is 0 Å². The topological polar surface area (TPSA) is 49.6 Å². The van der Waals surface area contributed by atoms with Crippen LogP contribution in [0.1, 0.15) is 44.1 Å². The van der Waals surface area contributed by atoms with Gasteiger partial charge in [-0.3, -0.25) is 4.79 Å². The second-order valence-corrected chi connectivity index (χ2v) is 7.73. The molecule has 2 unspecified atom stereocenters. The van der Waals surface area contributed by atoms with Gasteiger partial charge in [-0.2, -0.15) is 0 Å². The van der Waals surface area contributed by atoms with Crippen LogP contribution in [0.4, 0.5) is 0 Å². The number of carbonyl (C=O) groups excluding carboxylic acids is 1. The summed E-state index contributed by atoms with van der Waals surface area (Å²) in [5.41, 5.74) is 7.49. The fourth-order valence-corrected chi connectivity index (χ4v) is 4.28. The van der Waals surface area contributed by atoms with E-state index in [1.807, 2.05) is 0 Å². The zero-order valence-electron chi connectivity index (χ0n) is 15.8. The highest BCUT2D eigenvalue weighted by Crippen LogP contribution is 2.25. The quantitative estimate of drug-likeness (QED) is 0.855. The van der Waals surface area contributed by atoms with Crippen molar-refractivity contribution in [2.24, 2.45) is 11.7 Å². The molecule has 1 saturated heterocycles. The fraction of sp³-hybridized carbons (Fsp3) is 0.667. The summed E-state index contributed by atoms with van der Waals surface area (Å²) in [7, 11) is 0. The molecule has 4 nitrogen and oxygen atoms in total. The predicted molar refractivity (Wildman–Crippen MR) is 110 cm³/mol. The number of rotatable bonds is 5. The van der Waals surface area contributed by atoms with Gasteiger partial charge in [0.2, 0.25) is 5.91 Å². The highest BCUT2D eigenvalue weighted by Gasteiger charge is 2.29. The van der Waals surface area contributed by atoms with Gasteiger partial charge in [-0.25, -0.2) is 0 Å². The van der Waals surface area contributed by atoms with Crippen LogP contribution < -0.4 is 5.73 Å². The van der Waals surface area contributed by atoms with Gasteiger partial charge in [0.1, 0.15) is 0 Å². The Kier molecular flexibility index (Phi) is 8.89. The average Bonchev–Trinajstić information content (AvgIpc) is 2.88. The highest BCUT2D eigenvalue weighted by molar-refractivity contribution is 5.85. The van der Waals surface area contributed by atoms with Crippen molar-refractivity contribution in [2.45, 2.75) is 51.0 Å². The Labute approximate surface area is 164 Å². The average molecular weight is 380 g/mol. The Morgan fingerprint density at radius 1 is 1.04 bits per heavy atom. The summed E-state index contributed by atoms with van der Waals surface area (Å²) in [6.45, 7) is 5.06. The van der Waals surface area contributed by atoms with Crippen molar-refractivity contribution in [3.8, 4) is 0 Å². The maximum Gasteiger partial charge on any atom is 0.225 e. The third kappa shape index (κ3) is 6.26. The van der Waals surface area contributed by atoms with Crippen LogP contribution in [0.3, 0.4) is 0 Å². The van der Waals surface area contributed by atoms with Crippen molar-refractivity contribution in [3.63, 3.8) is 0 Å². The van der Waals surface area contributed by atoms with E-state index in [0.29, 0.717) is 5.91 Å². The Bertz CT molecular complexity index is 539. The molecule has 1 saturated carbocycles. The van der Waals surface area contributed by atoms with Crippen LogP contribution in [-0.4, -0.2) is 54.5 Å². The van der Waals surface area contributed by atoms with Gasteiger partial charge in [-0.15, -0.1) is 12.4 Å². The molecule has 1 aromatic carbocycles. The molecule has 1 amide bonds. The standard InChI is InChI=1S/C21H33N3O.ClH/c22-20-11-4-10-19(17-20)21(25)24-14-6-13-23(15-16-24)12-5-9-18-7-2-1-3-8-18;/h1-3,7-8,19-20H,4-6,9-17,22H2;1H. The molecule has 1 heterocycles. The summed E-state index contributed by atoms with van der Waals surface area (Å²) in [5.74, 6) is 0.537. The largest absolute Gasteiger partial charge is 0.341 e. The van der Waals surface area contributed by atoms with E-state index in [4.69, 9.17) is 5.73 Å². The molecule has 0 spiro atoms. The maximum atomic E-state index is 12.8. The number of carbonyl (C=O) groups is 1. The molecule has 1 aromatic rings. The zero-order chi connectivity index (χ0) is 17.5. The van der Waals surface area contributed by atoms with Crippen LogP contribution in [0.2, 0.25) is 0 Å². The van der Waals surface area contributed by atoms with Crippen molar-refractivity contribution in [1.82, 2.24) is 9.80 Å². The lowest BCUT2D eigenvalue weighted by molar-refractivity contribution is -0.136. The van der Waals surface area contributed by atoms with E-state index < -0.39 is 0 Å². The molecule has 1 aliphatic carbocycles. The van der Waals surface area contributed by atoms with Gasteiger partial charge in [0.15, 0.2) is 0 Å². The molecule has 2 aliphatic rings. The van der Waals surface area contributed by atoms with Gasteiger partial charge >= 0.3 is 0 Å². The number of halogens is 1. The monoisotopic (exact) mass is 379 g/mol. The van der Waals surface area contributed by atoms with E-state index >= 15 is 0 Å². The number of amides is 1. The number of aryl methyl sites for hydroxylation is 1. The number of hydrogen-bond acceptors (Lipinski definition) is 3. The molecule has 1 aliphatic heterocycles. The maximum absolute atomic E-state index is 12.8. The number of hydrogen-bond donors (Lipinski definition) is 1. The van der Waals surface area contributed by atoms with Gasteiger partial charge in [0, 0.05) is 31.6 Å². The summed E-state index contributed by atoms with van der Waals surface area (Å²) >= 11 is 0. The van der Waals surface area contributed by atoms with Crippen molar-refractivity contribution in [3.05, 3.63) is 35.9 Å². The molecule has 2 atom stereocenters. The summed E-state index contributed by atoms with van der Waals surface area (Å²) in [6, 6.07) is 10.9. The van der Waals surface area contributed by atoms with E-state index in [9.17, 15) is 4.79 Å². The van der Waals surface area contributed by atoms with Crippen LogP contribution in [-0.2, 0) is 11.2 Å². The van der Waals surface area contributed by atoms with E-state index in [2.05, 4.69) is 40.1 Å². The molecular weight excluding hydrogens is 346 g/mol. The van der Waals surface area contributed by atoms with E-state index in [1.54, 1.807) is 0 Å². The normalized spacial score (nSPS) is 24.6. The lowest BCUT2D eigenvalue weighted by atomic mass is 9.85. The first-order chi connectivity index (χ1) is 12.2. The minimum Gasteiger partial charge on any atom is -0.341 e. The third-order valence-corrected chi connectivity index (χ3v) is 5.75. The van der Waals surface area contributed by atoms with Gasteiger partial charge in [0.25, 0.3) is 0 Å². The smallest absolute Gasteiger partial charge is 0.225 e. The van der Waals surface area contributed by atoms with Crippen LogP contribution in [0.25, 0.3) is 0 Å². The number of benzene rings is 1. The van der Waals surface area contributed by atoms with Crippen molar-refractivity contribution < 1.29 is 4.79 Å². The third-order valence-electron chi connectivity index (χ3n) is 5.75. The SMILES string of the molecule is Cl.NC1CCCC(C(=O)N2CCCN(CCCc3ccccc3)CC2)C1. The van der Waals surface area contributed by atoms with Crippen molar-refractivity contribution >= 4 is 18.3 Å². The first-order valence-electron chi connectivity index (χ1n) is 10.0. The van der Waals surface area contributed by atoms with Gasteiger partial charge < -0.3 is 15.5 Å². The molecule has 2 N–H and O–H groups in total. The summed E-state index contributed by atoms with van der Waals surface area (Å²) in [4.78, 5) is 17.5. The van der Waals surface area contributed by atoms with E-state index in [0.717, 1.165) is 71.2 Å². The van der Waals surface area contributed by atoms with Crippen LogP contribution in [0, 0.1) is 5.92 Å². The zero-order valence-corrected chi connectivity index (χ0v) is 16.6. The van der Waals surface area contributed by atoms with E-state index in [-0.39, 0.29) is 24.4 Å². The molecule has 0 bridgehead atoms. The summed E-state index contributed by atoms with van der Waals surface area (Å²) in [6.07, 6.45) is 7.53. The van der Waals surface area contributed by atoms with Gasteiger partial charge in [-0.1, -0.05) is 36.8 Å². The fourth-order valence-electron chi connectivity index (χ4n) is 4.28. The Hall–Kier alpha value is -1.10. The molecule has 2 fully saturated rings. The predicted octanol–water partition coefficient (Wildman–Crippen LogP) is 3.09. The molecule has 0 radical (unpaired) electrons. The Morgan fingerprint density at radius 2 is 1.85 bits per heavy atom. The second-order valence-electron chi connectivity index (χ2n) is 7.73. The lowest BCUT2D eigenvalue weighted by Crippen LogP contribution is -2.42. The number of nitrogens with two attached hydrogens (primary N) is 1. The molecule has 0 aromatic heterocycles. The minimum atomic E-state index is 0. The number of nitrogens with zero attached hydrogens (tertiary/aromatic N) is 2. The first-order valence-corrected chi connectivity index (χ1v) is 10.0. The molecule has 146 valence electrons. The van der Waals surface area contributed by atoms with Crippen molar-refractivity contribution in [2.75, 3.05) is 32.7 Å². The lowest BCUT2D eigenvalue weighted by Gasteiger charge is -2.31. The molecule has 5 heteroatoms. The van der Waals surface area contributed by atoms with Gasteiger partial charge in [0.05, 0.1) is 0 Å². The summed E-state index contributed by atoms with van der Waals surface area (Å²) < 4.78 is 0. The van der Waals surface area contributed by atoms with Gasteiger partial charge in [-0.05, 0) is 57.2 Å². The minimum absolute atomic E-state index is 0. The van der Waals surface area contributed by atoms with Crippen molar-refractivity contribution in [1.29, 1.82) is 0 Å².